The Labute approximate surface area is 149 Å². The number of carboxylic acids is 1. The van der Waals surface area contributed by atoms with E-state index in [-0.39, 0.29) is 21.4 Å². The summed E-state index contributed by atoms with van der Waals surface area (Å²) in [4.78, 5) is 22.8. The van der Waals surface area contributed by atoms with Gasteiger partial charge in [0.1, 0.15) is 0 Å². The zero-order valence-corrected chi connectivity index (χ0v) is 16.2. The maximum absolute atomic E-state index is 11.8. The van der Waals surface area contributed by atoms with Gasteiger partial charge in [-0.05, 0) is 0 Å². The Balaban J connectivity index is 2.49. The van der Waals surface area contributed by atoms with Crippen LogP contribution in [0.1, 0.15) is 32.8 Å². The number of carbonyl (C=O) groups is 2. The monoisotopic (exact) mass is 403 g/mol. The molecular weight excluding hydrogens is 377 g/mol. The number of ether oxygens (including phenoxy) is 2. The first-order valence-corrected chi connectivity index (χ1v) is 10.0. The molecule has 1 aromatic carbocycles. The minimum atomic E-state index is -0.934. The van der Waals surface area contributed by atoms with Gasteiger partial charge >= 0.3 is 149 Å². The van der Waals surface area contributed by atoms with Crippen LogP contribution < -0.4 is 10.1 Å². The summed E-state index contributed by atoms with van der Waals surface area (Å²) in [6.45, 7) is 5.31. The Morgan fingerprint density at radius 1 is 1.25 bits per heavy atom. The van der Waals surface area contributed by atoms with Gasteiger partial charge in [0.15, 0.2) is 0 Å². The summed E-state index contributed by atoms with van der Waals surface area (Å²) in [5, 5.41) is 13.2. The molecule has 0 saturated heterocycles. The van der Waals surface area contributed by atoms with E-state index in [1.54, 1.807) is 27.9 Å². The molecule has 0 spiro atoms. The van der Waals surface area contributed by atoms with E-state index in [0.717, 1.165) is 11.1 Å². The molecule has 0 radical (unpaired) electrons. The number of hydrogen-bond acceptors (Lipinski definition) is 4. The normalized spacial score (nSPS) is 12.3. The molecule has 24 heavy (non-hydrogen) atoms. The third kappa shape index (κ3) is 8.79. The predicted octanol–water partition coefficient (Wildman–Crippen LogP) is 2.69. The number of nitrogens with one attached hydrogen (secondary N) is 1. The van der Waals surface area contributed by atoms with E-state index in [0.29, 0.717) is 5.32 Å². The van der Waals surface area contributed by atoms with Crippen LogP contribution in [0.5, 0.6) is 5.75 Å². The molecule has 1 amide bonds. The van der Waals surface area contributed by atoms with Gasteiger partial charge in [0.2, 0.25) is 0 Å². The van der Waals surface area contributed by atoms with Crippen molar-refractivity contribution >= 4 is 27.0 Å². The predicted molar refractivity (Wildman–Crippen MR) is 92.7 cm³/mol. The zero-order chi connectivity index (χ0) is 18.2. The van der Waals surface area contributed by atoms with Crippen molar-refractivity contribution in [2.75, 3.05) is 7.11 Å². The van der Waals surface area contributed by atoms with Crippen LogP contribution in [0.25, 0.3) is 0 Å². The average molecular weight is 402 g/mol. The Morgan fingerprint density at radius 3 is 2.38 bits per heavy atom. The summed E-state index contributed by atoms with van der Waals surface area (Å²) in [5.74, 6) is -0.127. The standard InChI is InChI=1S/C17H25NO5Se/c1-17(2,3)23-16(21)18-13(9-15(19)20)11-24-10-12-5-7-14(22-4)8-6-12/h5-8,13H,9-11H2,1-4H3,(H,18,21)(H,19,20)/t13-/m1/s1. The Kier molecular flexibility index (Phi) is 8.08. The van der Waals surface area contributed by atoms with Crippen molar-refractivity contribution in [3.8, 4) is 5.75 Å². The van der Waals surface area contributed by atoms with E-state index in [9.17, 15) is 9.59 Å². The first-order chi connectivity index (χ1) is 11.2. The second-order valence-electron chi connectivity index (χ2n) is 6.30. The molecule has 0 heterocycles. The fraction of sp³-hybridized carbons (Fsp3) is 0.529. The molecule has 0 bridgehead atoms. The van der Waals surface area contributed by atoms with Gasteiger partial charge in [0.05, 0.1) is 0 Å². The van der Waals surface area contributed by atoms with Crippen LogP contribution in [0, 0.1) is 0 Å². The quantitative estimate of drug-likeness (QED) is 0.653. The van der Waals surface area contributed by atoms with E-state index in [1.807, 2.05) is 24.3 Å². The Morgan fingerprint density at radius 2 is 1.88 bits per heavy atom. The molecular formula is C17H25NO5Se. The number of aliphatic carboxylic acids is 1. The Hall–Kier alpha value is -1.72. The topological polar surface area (TPSA) is 84.9 Å². The van der Waals surface area contributed by atoms with E-state index >= 15 is 0 Å². The van der Waals surface area contributed by atoms with Crippen LogP contribution >= 0.6 is 0 Å². The van der Waals surface area contributed by atoms with Crippen LogP contribution in [-0.2, 0) is 14.9 Å². The van der Waals surface area contributed by atoms with E-state index < -0.39 is 23.7 Å². The van der Waals surface area contributed by atoms with Crippen molar-refractivity contribution in [2.24, 2.45) is 0 Å². The van der Waals surface area contributed by atoms with Crippen molar-refractivity contribution in [3.63, 3.8) is 0 Å². The molecule has 6 nitrogen and oxygen atoms in total. The summed E-state index contributed by atoms with van der Waals surface area (Å²) in [6.07, 6.45) is -0.683. The van der Waals surface area contributed by atoms with E-state index in [1.165, 1.54) is 5.56 Å². The molecule has 0 saturated carbocycles. The third-order valence-electron chi connectivity index (χ3n) is 2.89. The summed E-state index contributed by atoms with van der Waals surface area (Å²) in [5.41, 5.74) is 0.564. The van der Waals surface area contributed by atoms with Gasteiger partial charge in [-0.15, -0.1) is 0 Å². The van der Waals surface area contributed by atoms with Gasteiger partial charge in [-0.25, -0.2) is 0 Å². The summed E-state index contributed by atoms with van der Waals surface area (Å²) in [7, 11) is 1.62. The van der Waals surface area contributed by atoms with Crippen LogP contribution in [0.15, 0.2) is 24.3 Å². The fourth-order valence-corrected chi connectivity index (χ4v) is 4.04. The number of carbonyl (C=O) groups excluding carboxylic acids is 1. The van der Waals surface area contributed by atoms with Crippen LogP contribution in [-0.4, -0.2) is 50.9 Å². The molecule has 1 aromatic rings. The molecule has 7 heteroatoms. The molecule has 0 aliphatic carbocycles. The fourth-order valence-electron chi connectivity index (χ4n) is 1.88. The SMILES string of the molecule is COc1ccc(C[Se]C[C@@H](CC(=O)O)NC(=O)OC(C)(C)C)cc1. The average Bonchev–Trinajstić information content (AvgIpc) is 2.45. The van der Waals surface area contributed by atoms with Crippen molar-refractivity contribution in [1.29, 1.82) is 0 Å². The minimum absolute atomic E-state index is 0.108. The van der Waals surface area contributed by atoms with Crippen LogP contribution in [0.2, 0.25) is 5.32 Å². The van der Waals surface area contributed by atoms with Gasteiger partial charge in [-0.3, -0.25) is 0 Å². The number of alkyl carbamates (subject to hydrolysis) is 1. The maximum atomic E-state index is 11.8. The van der Waals surface area contributed by atoms with Gasteiger partial charge in [-0.2, -0.15) is 0 Å². The first-order valence-electron chi connectivity index (χ1n) is 7.61. The van der Waals surface area contributed by atoms with Gasteiger partial charge in [0.25, 0.3) is 0 Å². The Bertz CT molecular complexity index is 539. The molecule has 134 valence electrons. The number of amides is 1. The summed E-state index contributed by atoms with van der Waals surface area (Å²) < 4.78 is 10.3. The second-order valence-corrected chi connectivity index (χ2v) is 8.47. The summed E-state index contributed by atoms with van der Waals surface area (Å²) in [6, 6.07) is 7.37. The van der Waals surface area contributed by atoms with E-state index in [2.05, 4.69) is 5.32 Å². The second kappa shape index (κ2) is 9.55. The van der Waals surface area contributed by atoms with Crippen molar-refractivity contribution in [1.82, 2.24) is 5.32 Å². The number of benzene rings is 1. The summed E-state index contributed by atoms with van der Waals surface area (Å²) >= 11 is 0.170. The molecule has 0 fully saturated rings. The number of rotatable bonds is 8. The molecule has 0 unspecified atom stereocenters. The first kappa shape index (κ1) is 20.3. The van der Waals surface area contributed by atoms with Crippen LogP contribution in [0.3, 0.4) is 0 Å². The van der Waals surface area contributed by atoms with Gasteiger partial charge < -0.3 is 0 Å². The molecule has 0 aliphatic rings. The van der Waals surface area contributed by atoms with Crippen molar-refractivity contribution < 1.29 is 24.2 Å². The van der Waals surface area contributed by atoms with Gasteiger partial charge in [0, 0.05) is 0 Å². The van der Waals surface area contributed by atoms with Crippen molar-refractivity contribution in [3.05, 3.63) is 29.8 Å². The third-order valence-corrected chi connectivity index (χ3v) is 5.36. The molecule has 2 N–H and O–H groups in total. The van der Waals surface area contributed by atoms with Gasteiger partial charge in [-0.1, -0.05) is 0 Å². The number of carboxylic acid groups (broad SMARTS) is 1. The molecule has 0 aromatic heterocycles. The van der Waals surface area contributed by atoms with Crippen molar-refractivity contribution in [2.45, 2.75) is 49.5 Å². The zero-order valence-electron chi connectivity index (χ0n) is 14.5. The number of methoxy groups -OCH3 is 1. The van der Waals surface area contributed by atoms with Crippen LogP contribution in [0.4, 0.5) is 4.79 Å². The number of hydrogen-bond donors (Lipinski definition) is 2. The molecule has 1 atom stereocenters. The van der Waals surface area contributed by atoms with E-state index in [4.69, 9.17) is 14.6 Å². The molecule has 1 rings (SSSR count). The molecule has 0 aliphatic heterocycles.